The second-order valence-electron chi connectivity index (χ2n) is 5.75. The number of piperazine rings is 1. The summed E-state index contributed by atoms with van der Waals surface area (Å²) in [6.07, 6.45) is -3.44. The lowest BCUT2D eigenvalue weighted by Crippen LogP contribution is -2.50. The number of benzene rings is 1. The highest BCUT2D eigenvalue weighted by atomic mass is 19.4. The molecule has 0 aliphatic carbocycles. The minimum atomic E-state index is -4.38. The quantitative estimate of drug-likeness (QED) is 0.778. The molecule has 2 aromatic rings. The van der Waals surface area contributed by atoms with Crippen LogP contribution in [0, 0.1) is 5.82 Å². The Kier molecular flexibility index (Phi) is 4.61. The van der Waals surface area contributed by atoms with Crippen molar-refractivity contribution in [3.8, 4) is 0 Å². The summed E-state index contributed by atoms with van der Waals surface area (Å²) in [5, 5.41) is 0. The van der Waals surface area contributed by atoms with E-state index in [4.69, 9.17) is 0 Å². The number of anilines is 1. The fourth-order valence-corrected chi connectivity index (χ4v) is 2.72. The summed E-state index contributed by atoms with van der Waals surface area (Å²) in [5.74, 6) is -0.0165. The second kappa shape index (κ2) is 6.70. The number of hydrogen-bond donors (Lipinski definition) is 0. The number of aromatic amines is 1. The third kappa shape index (κ3) is 3.89. The first-order valence-electron chi connectivity index (χ1n) is 7.73. The van der Waals surface area contributed by atoms with Crippen LogP contribution >= 0.6 is 0 Å². The molecule has 0 atom stereocenters. The van der Waals surface area contributed by atoms with E-state index in [9.17, 15) is 22.4 Å². The predicted octanol–water partition coefficient (Wildman–Crippen LogP) is 2.62. The first-order valence-corrected chi connectivity index (χ1v) is 7.73. The van der Waals surface area contributed by atoms with Gasteiger partial charge in [-0.1, -0.05) is 0 Å². The monoisotopic (exact) mass is 354 g/mol. The largest absolute Gasteiger partial charge is 0.419 e. The van der Waals surface area contributed by atoms with Gasteiger partial charge in [-0.05, 0) is 30.3 Å². The number of carbonyl (C=O) groups excluding carboxylic acids is 1. The summed E-state index contributed by atoms with van der Waals surface area (Å²) in [5.41, 5.74) is -0.322. The van der Waals surface area contributed by atoms with Crippen molar-refractivity contribution < 1.29 is 27.3 Å². The van der Waals surface area contributed by atoms with E-state index in [0.717, 1.165) is 12.3 Å². The van der Waals surface area contributed by atoms with Crippen molar-refractivity contribution in [1.29, 1.82) is 0 Å². The van der Waals surface area contributed by atoms with E-state index in [0.29, 0.717) is 37.6 Å². The fourth-order valence-electron chi connectivity index (χ4n) is 2.72. The minimum Gasteiger partial charge on any atom is -0.331 e. The number of aromatic nitrogens is 1. The molecule has 1 aliphatic rings. The van der Waals surface area contributed by atoms with E-state index >= 15 is 0 Å². The van der Waals surface area contributed by atoms with Crippen LogP contribution in [0.25, 0.3) is 0 Å². The number of halogens is 4. The van der Waals surface area contributed by atoms with Crippen molar-refractivity contribution >= 4 is 11.7 Å². The van der Waals surface area contributed by atoms with Gasteiger partial charge in [0, 0.05) is 11.6 Å². The lowest BCUT2D eigenvalue weighted by atomic mass is 10.1. The molecule has 25 heavy (non-hydrogen) atoms. The highest BCUT2D eigenvalue weighted by Crippen LogP contribution is 2.28. The maximum Gasteiger partial charge on any atom is 0.419 e. The summed E-state index contributed by atoms with van der Waals surface area (Å²) < 4.78 is 50.7. The molecule has 1 fully saturated rings. The van der Waals surface area contributed by atoms with Crippen LogP contribution in [-0.4, -0.2) is 37.0 Å². The number of alkyl halides is 3. The van der Waals surface area contributed by atoms with Gasteiger partial charge in [0.25, 0.3) is 11.7 Å². The van der Waals surface area contributed by atoms with Gasteiger partial charge >= 0.3 is 6.18 Å². The topological polar surface area (TPSA) is 37.7 Å². The maximum absolute atomic E-state index is 12.9. The number of H-pyrrole nitrogens is 1. The molecule has 0 radical (unpaired) electrons. The molecule has 4 nitrogen and oxygen atoms in total. The van der Waals surface area contributed by atoms with Gasteiger partial charge in [0.2, 0.25) is 0 Å². The Bertz CT molecular complexity index is 736. The van der Waals surface area contributed by atoms with E-state index in [1.54, 1.807) is 4.90 Å². The van der Waals surface area contributed by atoms with Crippen LogP contribution in [0.15, 0.2) is 42.6 Å². The van der Waals surface area contributed by atoms with Crippen molar-refractivity contribution in [2.75, 3.05) is 31.1 Å². The average Bonchev–Trinajstić information content (AvgIpc) is 2.61. The van der Waals surface area contributed by atoms with Crippen molar-refractivity contribution in [3.05, 3.63) is 59.5 Å². The van der Waals surface area contributed by atoms with E-state index in [1.807, 2.05) is 4.90 Å². The Morgan fingerprint density at radius 3 is 2.12 bits per heavy atom. The zero-order chi connectivity index (χ0) is 18.0. The molecule has 132 valence electrons. The van der Waals surface area contributed by atoms with Crippen LogP contribution in [0.5, 0.6) is 0 Å². The number of hydrogen-bond acceptors (Lipinski definition) is 2. The third-order valence-corrected chi connectivity index (χ3v) is 4.12. The first-order chi connectivity index (χ1) is 11.8. The highest BCUT2D eigenvalue weighted by Gasteiger charge is 2.33. The zero-order valence-corrected chi connectivity index (χ0v) is 13.2. The summed E-state index contributed by atoms with van der Waals surface area (Å²) >= 11 is 0. The first kappa shape index (κ1) is 17.2. The molecule has 3 rings (SSSR count). The van der Waals surface area contributed by atoms with Gasteiger partial charge in [-0.25, -0.2) is 9.37 Å². The Labute approximate surface area is 141 Å². The SMILES string of the molecule is O=C(c1ccc(F)cc1)N1CCN(c2ccc(C(F)(F)F)c[nH+]2)CC1. The van der Waals surface area contributed by atoms with E-state index in [-0.39, 0.29) is 5.91 Å². The number of pyridine rings is 1. The van der Waals surface area contributed by atoms with Gasteiger partial charge < -0.3 is 4.90 Å². The lowest BCUT2D eigenvalue weighted by molar-refractivity contribution is -0.367. The predicted molar refractivity (Wildman–Crippen MR) is 82.5 cm³/mol. The summed E-state index contributed by atoms with van der Waals surface area (Å²) in [4.78, 5) is 18.5. The Morgan fingerprint density at radius 1 is 0.960 bits per heavy atom. The maximum atomic E-state index is 12.9. The number of rotatable bonds is 2. The molecule has 1 aliphatic heterocycles. The standard InChI is InChI=1S/C17H15F4N3O/c18-14-4-1-12(2-5-14)16(25)24-9-7-23(8-10-24)15-6-3-13(11-22-15)17(19,20)21/h1-6,11H,7-10H2/p+1. The van der Waals surface area contributed by atoms with Crippen LogP contribution in [0.2, 0.25) is 0 Å². The molecule has 0 unspecified atom stereocenters. The molecule has 1 N–H and O–H groups in total. The second-order valence-corrected chi connectivity index (χ2v) is 5.75. The molecule has 1 aromatic heterocycles. The van der Waals surface area contributed by atoms with E-state index < -0.39 is 17.6 Å². The average molecular weight is 354 g/mol. The van der Waals surface area contributed by atoms with Crippen LogP contribution in [-0.2, 0) is 6.18 Å². The Hall–Kier alpha value is -2.64. The van der Waals surface area contributed by atoms with Crippen molar-refractivity contribution in [1.82, 2.24) is 4.90 Å². The van der Waals surface area contributed by atoms with Crippen molar-refractivity contribution in [2.45, 2.75) is 6.18 Å². The van der Waals surface area contributed by atoms with Gasteiger partial charge in [-0.2, -0.15) is 13.2 Å². The normalized spacial score (nSPS) is 15.4. The van der Waals surface area contributed by atoms with Gasteiger partial charge in [0.05, 0.1) is 18.7 Å². The third-order valence-electron chi connectivity index (χ3n) is 4.12. The minimum absolute atomic E-state index is 0.184. The lowest BCUT2D eigenvalue weighted by Gasteiger charge is -2.31. The summed E-state index contributed by atoms with van der Waals surface area (Å²) in [6.45, 7) is 1.86. The van der Waals surface area contributed by atoms with Crippen molar-refractivity contribution in [2.24, 2.45) is 0 Å². The number of nitrogens with zero attached hydrogens (tertiary/aromatic N) is 2. The Morgan fingerprint density at radius 2 is 1.60 bits per heavy atom. The number of nitrogens with one attached hydrogen (secondary N) is 1. The molecule has 1 amide bonds. The van der Waals surface area contributed by atoms with Crippen LogP contribution in [0.1, 0.15) is 15.9 Å². The zero-order valence-electron chi connectivity index (χ0n) is 13.2. The smallest absolute Gasteiger partial charge is 0.331 e. The van der Waals surface area contributed by atoms with Crippen LogP contribution < -0.4 is 9.88 Å². The molecule has 1 aromatic carbocycles. The molecule has 0 spiro atoms. The molecule has 8 heteroatoms. The van der Waals surface area contributed by atoms with Crippen LogP contribution in [0.3, 0.4) is 0 Å². The number of carbonyl (C=O) groups is 1. The molecular weight excluding hydrogens is 338 g/mol. The molecule has 1 saturated heterocycles. The molecular formula is C17H16F4N3O+. The summed E-state index contributed by atoms with van der Waals surface area (Å²) in [6, 6.07) is 7.77. The van der Waals surface area contributed by atoms with E-state index in [2.05, 4.69) is 4.98 Å². The molecule has 0 saturated carbocycles. The van der Waals surface area contributed by atoms with E-state index in [1.165, 1.54) is 30.3 Å². The van der Waals surface area contributed by atoms with Gasteiger partial charge in [0.15, 0.2) is 0 Å². The number of amides is 1. The van der Waals surface area contributed by atoms with Crippen molar-refractivity contribution in [3.63, 3.8) is 0 Å². The fraction of sp³-hybridized carbons (Fsp3) is 0.294. The van der Waals surface area contributed by atoms with Crippen LogP contribution in [0.4, 0.5) is 23.4 Å². The molecule has 0 bridgehead atoms. The highest BCUT2D eigenvalue weighted by molar-refractivity contribution is 5.94. The Balaban J connectivity index is 1.61. The van der Waals surface area contributed by atoms with Gasteiger partial charge in [-0.3, -0.25) is 9.69 Å². The van der Waals surface area contributed by atoms with Gasteiger partial charge in [-0.15, -0.1) is 0 Å². The summed E-state index contributed by atoms with van der Waals surface area (Å²) in [7, 11) is 0. The van der Waals surface area contributed by atoms with Gasteiger partial charge in [0.1, 0.15) is 25.1 Å². The molecule has 2 heterocycles.